The van der Waals surface area contributed by atoms with Crippen LogP contribution in [-0.4, -0.2) is 29.9 Å². The number of hydrogen-bond acceptors (Lipinski definition) is 8. The fourth-order valence-electron chi connectivity index (χ4n) is 2.46. The van der Waals surface area contributed by atoms with Crippen LogP contribution in [-0.2, 0) is 7.05 Å². The molecule has 3 heterocycles. The SMILES string of the molecule is Cn1cnnc1SC(c1ccncc1)c1nnc(-c2cccc(C#N)c2)o1. The molecular formula is C18H13N7OS. The Morgan fingerprint density at radius 2 is 2.00 bits per heavy atom. The molecule has 0 radical (unpaired) electrons. The largest absolute Gasteiger partial charge is 0.419 e. The molecule has 0 aliphatic heterocycles. The van der Waals surface area contributed by atoms with Crippen molar-refractivity contribution in [3.05, 3.63) is 72.1 Å². The van der Waals surface area contributed by atoms with Gasteiger partial charge in [0.15, 0.2) is 5.16 Å². The number of pyridine rings is 1. The van der Waals surface area contributed by atoms with Crippen LogP contribution in [0.25, 0.3) is 11.5 Å². The maximum absolute atomic E-state index is 9.08. The van der Waals surface area contributed by atoms with E-state index in [2.05, 4.69) is 31.4 Å². The molecule has 9 heteroatoms. The zero-order chi connectivity index (χ0) is 18.6. The first-order chi connectivity index (χ1) is 13.2. The number of nitriles is 1. The first-order valence-corrected chi connectivity index (χ1v) is 8.87. The first-order valence-electron chi connectivity index (χ1n) is 7.99. The van der Waals surface area contributed by atoms with Gasteiger partial charge in [-0.05, 0) is 35.9 Å². The van der Waals surface area contributed by atoms with Gasteiger partial charge in [-0.15, -0.1) is 20.4 Å². The third-order valence-electron chi connectivity index (χ3n) is 3.81. The molecule has 0 saturated carbocycles. The highest BCUT2D eigenvalue weighted by molar-refractivity contribution is 7.99. The van der Waals surface area contributed by atoms with Gasteiger partial charge in [-0.1, -0.05) is 17.8 Å². The van der Waals surface area contributed by atoms with Crippen LogP contribution >= 0.6 is 11.8 Å². The third-order valence-corrected chi connectivity index (χ3v) is 5.10. The van der Waals surface area contributed by atoms with Crippen molar-refractivity contribution in [3.8, 4) is 17.5 Å². The summed E-state index contributed by atoms with van der Waals surface area (Å²) in [4.78, 5) is 4.07. The molecule has 0 aliphatic carbocycles. The van der Waals surface area contributed by atoms with E-state index >= 15 is 0 Å². The molecule has 0 bridgehead atoms. The van der Waals surface area contributed by atoms with Crippen molar-refractivity contribution in [1.29, 1.82) is 5.26 Å². The predicted octanol–water partition coefficient (Wildman–Crippen LogP) is 3.01. The van der Waals surface area contributed by atoms with Crippen molar-refractivity contribution in [3.63, 3.8) is 0 Å². The van der Waals surface area contributed by atoms with E-state index in [9.17, 15) is 0 Å². The highest BCUT2D eigenvalue weighted by Crippen LogP contribution is 2.39. The van der Waals surface area contributed by atoms with E-state index in [0.29, 0.717) is 22.9 Å². The van der Waals surface area contributed by atoms with Gasteiger partial charge in [0, 0.05) is 25.0 Å². The van der Waals surface area contributed by atoms with Gasteiger partial charge in [-0.2, -0.15) is 5.26 Å². The average molecular weight is 375 g/mol. The molecule has 1 unspecified atom stereocenters. The fraction of sp³-hybridized carbons (Fsp3) is 0.111. The molecule has 0 fully saturated rings. The van der Waals surface area contributed by atoms with Crippen molar-refractivity contribution in [2.24, 2.45) is 7.05 Å². The number of rotatable bonds is 5. The highest BCUT2D eigenvalue weighted by atomic mass is 32.2. The van der Waals surface area contributed by atoms with E-state index in [-0.39, 0.29) is 5.25 Å². The summed E-state index contributed by atoms with van der Waals surface area (Å²) in [5.74, 6) is 0.797. The number of aryl methyl sites for hydroxylation is 1. The lowest BCUT2D eigenvalue weighted by molar-refractivity contribution is 0.514. The number of nitrogens with zero attached hydrogens (tertiary/aromatic N) is 7. The van der Waals surface area contributed by atoms with E-state index in [1.165, 1.54) is 11.8 Å². The van der Waals surface area contributed by atoms with Crippen LogP contribution in [0.5, 0.6) is 0 Å². The molecule has 27 heavy (non-hydrogen) atoms. The molecule has 3 aromatic heterocycles. The van der Waals surface area contributed by atoms with Crippen molar-refractivity contribution in [2.75, 3.05) is 0 Å². The predicted molar refractivity (Wildman–Crippen MR) is 97.4 cm³/mol. The second-order valence-electron chi connectivity index (χ2n) is 5.64. The average Bonchev–Trinajstić information content (AvgIpc) is 3.36. The lowest BCUT2D eigenvalue weighted by Gasteiger charge is -2.12. The van der Waals surface area contributed by atoms with Crippen LogP contribution in [0.1, 0.15) is 22.3 Å². The molecule has 0 saturated heterocycles. The molecular weight excluding hydrogens is 362 g/mol. The van der Waals surface area contributed by atoms with Gasteiger partial charge < -0.3 is 8.98 Å². The summed E-state index contributed by atoms with van der Waals surface area (Å²) < 4.78 is 7.77. The molecule has 8 nitrogen and oxygen atoms in total. The Bertz CT molecular complexity index is 1100. The summed E-state index contributed by atoms with van der Waals surface area (Å²) in [5, 5.41) is 26.0. The van der Waals surface area contributed by atoms with Crippen LogP contribution in [0, 0.1) is 11.3 Å². The molecule has 0 N–H and O–H groups in total. The van der Waals surface area contributed by atoms with Gasteiger partial charge in [0.05, 0.1) is 11.6 Å². The van der Waals surface area contributed by atoms with Crippen molar-refractivity contribution in [1.82, 2.24) is 29.9 Å². The zero-order valence-electron chi connectivity index (χ0n) is 14.2. The summed E-state index contributed by atoms with van der Waals surface area (Å²) in [5.41, 5.74) is 2.19. The maximum Gasteiger partial charge on any atom is 0.247 e. The Morgan fingerprint density at radius 1 is 1.15 bits per heavy atom. The lowest BCUT2D eigenvalue weighted by Crippen LogP contribution is -2.00. The van der Waals surface area contributed by atoms with E-state index in [0.717, 1.165) is 10.7 Å². The van der Waals surface area contributed by atoms with E-state index in [4.69, 9.17) is 9.68 Å². The molecule has 0 amide bonds. The molecule has 1 aromatic carbocycles. The second-order valence-corrected chi connectivity index (χ2v) is 6.71. The second kappa shape index (κ2) is 7.39. The quantitative estimate of drug-likeness (QED) is 0.490. The smallest absolute Gasteiger partial charge is 0.247 e. The Balaban J connectivity index is 1.71. The van der Waals surface area contributed by atoms with Gasteiger partial charge in [0.2, 0.25) is 11.8 Å². The Labute approximate surface area is 158 Å². The van der Waals surface area contributed by atoms with E-state index < -0.39 is 0 Å². The fourth-order valence-corrected chi connectivity index (χ4v) is 3.47. The number of hydrogen-bond donors (Lipinski definition) is 0. The summed E-state index contributed by atoms with van der Waals surface area (Å²) in [6.45, 7) is 0. The maximum atomic E-state index is 9.08. The molecule has 0 aliphatic rings. The summed E-state index contributed by atoms with van der Waals surface area (Å²) in [6, 6.07) is 13.0. The van der Waals surface area contributed by atoms with Crippen LogP contribution < -0.4 is 0 Å². The monoisotopic (exact) mass is 375 g/mol. The Kier molecular flexibility index (Phi) is 4.63. The van der Waals surface area contributed by atoms with Crippen LogP contribution in [0.2, 0.25) is 0 Å². The Hall–Kier alpha value is -3.51. The highest BCUT2D eigenvalue weighted by Gasteiger charge is 2.24. The minimum atomic E-state index is -0.267. The molecule has 4 aromatic rings. The third kappa shape index (κ3) is 3.56. The van der Waals surface area contributed by atoms with Crippen LogP contribution in [0.3, 0.4) is 0 Å². The Morgan fingerprint density at radius 3 is 2.74 bits per heavy atom. The van der Waals surface area contributed by atoms with Gasteiger partial charge >= 0.3 is 0 Å². The minimum absolute atomic E-state index is 0.267. The first kappa shape index (κ1) is 16.9. The molecule has 1 atom stereocenters. The van der Waals surface area contributed by atoms with Crippen molar-refractivity contribution in [2.45, 2.75) is 10.4 Å². The summed E-state index contributed by atoms with van der Waals surface area (Å²) >= 11 is 1.46. The van der Waals surface area contributed by atoms with Gasteiger partial charge in [0.25, 0.3) is 0 Å². The minimum Gasteiger partial charge on any atom is -0.419 e. The van der Waals surface area contributed by atoms with Gasteiger partial charge in [0.1, 0.15) is 11.6 Å². The number of benzene rings is 1. The van der Waals surface area contributed by atoms with Crippen molar-refractivity contribution < 1.29 is 4.42 Å². The normalized spacial score (nSPS) is 11.9. The van der Waals surface area contributed by atoms with Gasteiger partial charge in [-0.25, -0.2) is 0 Å². The van der Waals surface area contributed by atoms with E-state index in [1.807, 2.05) is 29.8 Å². The molecule has 132 valence electrons. The standard InChI is InChI=1S/C18H13N7OS/c1-25-11-21-24-18(25)27-15(13-5-7-20-8-6-13)17-23-22-16(26-17)14-4-2-3-12(9-14)10-19/h2-9,11,15H,1H3. The number of aromatic nitrogens is 6. The molecule has 0 spiro atoms. The van der Waals surface area contributed by atoms with Crippen molar-refractivity contribution >= 4 is 11.8 Å². The zero-order valence-corrected chi connectivity index (χ0v) is 15.0. The summed E-state index contributed by atoms with van der Waals surface area (Å²) in [6.07, 6.45) is 5.07. The lowest BCUT2D eigenvalue weighted by atomic mass is 10.1. The van der Waals surface area contributed by atoms with Gasteiger partial charge in [-0.3, -0.25) is 4.98 Å². The topological polar surface area (TPSA) is 106 Å². The van der Waals surface area contributed by atoms with Crippen LogP contribution in [0.4, 0.5) is 0 Å². The van der Waals surface area contributed by atoms with Crippen LogP contribution in [0.15, 0.2) is 64.7 Å². The molecule has 4 rings (SSSR count). The van der Waals surface area contributed by atoms with E-state index in [1.54, 1.807) is 36.9 Å². The number of thioether (sulfide) groups is 1. The summed E-state index contributed by atoms with van der Waals surface area (Å²) in [7, 11) is 1.87.